The van der Waals surface area contributed by atoms with Crippen molar-refractivity contribution in [3.63, 3.8) is 0 Å². The normalized spacial score (nSPS) is 11.7. The van der Waals surface area contributed by atoms with Gasteiger partial charge in [-0.1, -0.05) is 18.2 Å². The standard InChI is InChI=1S/C29H29F3N6O2/c1-20-27(26-15-16-34-38(26)23-13-11-22(33-2)12-14-23)36(19-25(39)10-5-6-17-35(3)4)28(40)37(20)24-9-7-8-21(18-24)29(30,31)32/h7-9,11-16,18H,5-6,10,17,19H2,1,3-4H3. The number of carbonyl (C=O) groups is 1. The number of unbranched alkanes of at least 4 members (excludes halogenated alkanes) is 1. The average molecular weight is 551 g/mol. The monoisotopic (exact) mass is 550 g/mol. The molecule has 0 aliphatic rings. The van der Waals surface area contributed by atoms with Crippen LogP contribution in [0.15, 0.2) is 65.6 Å². The van der Waals surface area contributed by atoms with Crippen LogP contribution in [0.5, 0.6) is 0 Å². The van der Waals surface area contributed by atoms with Gasteiger partial charge in [-0.3, -0.25) is 13.9 Å². The minimum absolute atomic E-state index is 0.0447. The summed E-state index contributed by atoms with van der Waals surface area (Å²) >= 11 is 0. The Morgan fingerprint density at radius 3 is 2.42 bits per heavy atom. The molecule has 0 N–H and O–H groups in total. The van der Waals surface area contributed by atoms with Crippen LogP contribution in [0.25, 0.3) is 27.6 Å². The Kier molecular flexibility index (Phi) is 8.40. The number of nitrogens with zero attached hydrogens (tertiary/aromatic N) is 6. The van der Waals surface area contributed by atoms with E-state index in [4.69, 9.17) is 6.57 Å². The van der Waals surface area contributed by atoms with Crippen LogP contribution in [0.4, 0.5) is 18.9 Å². The van der Waals surface area contributed by atoms with Gasteiger partial charge in [0.15, 0.2) is 11.5 Å². The van der Waals surface area contributed by atoms with Crippen LogP contribution in [-0.2, 0) is 17.5 Å². The first-order valence-electron chi connectivity index (χ1n) is 12.7. The van der Waals surface area contributed by atoms with Crippen molar-refractivity contribution in [3.05, 3.63) is 94.0 Å². The second-order valence-electron chi connectivity index (χ2n) is 9.74. The SMILES string of the molecule is [C-]#[N+]c1ccc(-n2nccc2-c2c(C)n(-c3cccc(C(F)(F)F)c3)c(=O)n2CC(=O)CCCCN(C)C)cc1. The molecule has 0 aliphatic carbocycles. The molecule has 4 aromatic rings. The number of hydrogen-bond donors (Lipinski definition) is 0. The van der Waals surface area contributed by atoms with Crippen molar-refractivity contribution in [1.29, 1.82) is 0 Å². The topological polar surface area (TPSA) is 69.4 Å². The quantitative estimate of drug-likeness (QED) is 0.189. The van der Waals surface area contributed by atoms with E-state index >= 15 is 0 Å². The average Bonchev–Trinajstić information content (AvgIpc) is 3.48. The molecule has 40 heavy (non-hydrogen) atoms. The van der Waals surface area contributed by atoms with Crippen LogP contribution in [0.1, 0.15) is 30.5 Å². The largest absolute Gasteiger partial charge is 0.416 e. The van der Waals surface area contributed by atoms with Gasteiger partial charge in [-0.05, 0) is 76.8 Å². The second kappa shape index (κ2) is 11.8. The third-order valence-corrected chi connectivity index (χ3v) is 6.56. The Morgan fingerprint density at radius 2 is 1.77 bits per heavy atom. The molecule has 8 nitrogen and oxygen atoms in total. The van der Waals surface area contributed by atoms with Gasteiger partial charge in [0.1, 0.15) is 0 Å². The van der Waals surface area contributed by atoms with Crippen molar-refractivity contribution in [2.75, 3.05) is 20.6 Å². The zero-order valence-electron chi connectivity index (χ0n) is 22.4. The highest BCUT2D eigenvalue weighted by molar-refractivity contribution is 5.79. The van der Waals surface area contributed by atoms with Gasteiger partial charge in [-0.2, -0.15) is 18.3 Å². The smallest absolute Gasteiger partial charge is 0.309 e. The van der Waals surface area contributed by atoms with E-state index in [-0.39, 0.29) is 24.4 Å². The molecule has 0 saturated heterocycles. The Bertz CT molecular complexity index is 1600. The molecule has 2 aromatic carbocycles. The summed E-state index contributed by atoms with van der Waals surface area (Å²) in [5.74, 6) is -0.157. The lowest BCUT2D eigenvalue weighted by Gasteiger charge is -2.12. The first-order valence-corrected chi connectivity index (χ1v) is 12.7. The first kappa shape index (κ1) is 28.6. The number of hydrogen-bond acceptors (Lipinski definition) is 4. The van der Waals surface area contributed by atoms with Crippen LogP contribution in [0, 0.1) is 13.5 Å². The van der Waals surface area contributed by atoms with E-state index in [0.29, 0.717) is 34.9 Å². The summed E-state index contributed by atoms with van der Waals surface area (Å²) in [4.78, 5) is 32.2. The van der Waals surface area contributed by atoms with Gasteiger partial charge in [0, 0.05) is 6.42 Å². The van der Waals surface area contributed by atoms with Crippen molar-refractivity contribution in [2.45, 2.75) is 38.9 Å². The molecule has 0 spiro atoms. The lowest BCUT2D eigenvalue weighted by Crippen LogP contribution is -2.27. The molecule has 2 heterocycles. The number of carbonyl (C=O) groups excluding carboxylic acids is 1. The number of imidazole rings is 1. The van der Waals surface area contributed by atoms with Crippen LogP contribution in [-0.4, -0.2) is 50.2 Å². The Labute approximate surface area is 229 Å². The molecule has 4 rings (SSSR count). The van der Waals surface area contributed by atoms with Gasteiger partial charge >= 0.3 is 11.9 Å². The van der Waals surface area contributed by atoms with Crippen molar-refractivity contribution >= 4 is 11.5 Å². The van der Waals surface area contributed by atoms with E-state index in [1.807, 2.05) is 19.0 Å². The van der Waals surface area contributed by atoms with Crippen molar-refractivity contribution in [1.82, 2.24) is 23.8 Å². The summed E-state index contributed by atoms with van der Waals surface area (Å²) in [6.07, 6.45) is -1.31. The zero-order valence-corrected chi connectivity index (χ0v) is 22.4. The molecular formula is C29H29F3N6O2. The van der Waals surface area contributed by atoms with Gasteiger partial charge in [0.2, 0.25) is 0 Å². The Morgan fingerprint density at radius 1 is 1.05 bits per heavy atom. The molecule has 0 aliphatic heterocycles. The summed E-state index contributed by atoms with van der Waals surface area (Å²) in [6, 6.07) is 12.9. The summed E-state index contributed by atoms with van der Waals surface area (Å²) < 4.78 is 44.5. The summed E-state index contributed by atoms with van der Waals surface area (Å²) in [5.41, 5.74) is 0.824. The van der Waals surface area contributed by atoms with Gasteiger partial charge in [-0.15, -0.1) is 0 Å². The van der Waals surface area contributed by atoms with Crippen LogP contribution >= 0.6 is 0 Å². The van der Waals surface area contributed by atoms with Crippen LogP contribution < -0.4 is 5.69 Å². The molecule has 11 heteroatoms. The van der Waals surface area contributed by atoms with Crippen LogP contribution in [0.3, 0.4) is 0 Å². The van der Waals surface area contributed by atoms with Gasteiger partial charge < -0.3 is 4.90 Å². The predicted molar refractivity (Wildman–Crippen MR) is 146 cm³/mol. The molecule has 0 saturated carbocycles. The van der Waals surface area contributed by atoms with Gasteiger partial charge in [0.25, 0.3) is 0 Å². The van der Waals surface area contributed by atoms with E-state index in [0.717, 1.165) is 25.1 Å². The lowest BCUT2D eigenvalue weighted by molar-refractivity contribution is -0.137. The van der Waals surface area contributed by atoms with E-state index in [1.165, 1.54) is 27.5 Å². The third kappa shape index (κ3) is 6.07. The number of benzene rings is 2. The number of aromatic nitrogens is 4. The van der Waals surface area contributed by atoms with Gasteiger partial charge in [0.05, 0.1) is 53.3 Å². The number of rotatable bonds is 10. The number of alkyl halides is 3. The van der Waals surface area contributed by atoms with Crippen molar-refractivity contribution < 1.29 is 18.0 Å². The van der Waals surface area contributed by atoms with E-state index in [9.17, 15) is 22.8 Å². The zero-order chi connectivity index (χ0) is 29.0. The molecular weight excluding hydrogens is 521 g/mol. The lowest BCUT2D eigenvalue weighted by atomic mass is 10.1. The number of halogens is 3. The summed E-state index contributed by atoms with van der Waals surface area (Å²) in [5, 5.41) is 4.39. The van der Waals surface area contributed by atoms with Gasteiger partial charge in [-0.25, -0.2) is 14.3 Å². The third-order valence-electron chi connectivity index (χ3n) is 6.56. The van der Waals surface area contributed by atoms with Crippen molar-refractivity contribution in [3.8, 4) is 22.8 Å². The molecule has 0 bridgehead atoms. The Hall–Kier alpha value is -4.43. The summed E-state index contributed by atoms with van der Waals surface area (Å²) in [7, 11) is 3.90. The van der Waals surface area contributed by atoms with E-state index in [2.05, 4.69) is 9.94 Å². The maximum absolute atomic E-state index is 13.8. The Balaban J connectivity index is 1.83. The van der Waals surface area contributed by atoms with E-state index in [1.54, 1.807) is 41.9 Å². The van der Waals surface area contributed by atoms with Crippen molar-refractivity contribution in [2.24, 2.45) is 0 Å². The highest BCUT2D eigenvalue weighted by Gasteiger charge is 2.31. The first-order chi connectivity index (χ1) is 19.0. The molecule has 2 aromatic heterocycles. The van der Waals surface area contributed by atoms with Crippen LogP contribution in [0.2, 0.25) is 0 Å². The molecule has 0 amide bonds. The second-order valence-corrected chi connectivity index (χ2v) is 9.74. The fourth-order valence-electron chi connectivity index (χ4n) is 4.62. The highest BCUT2D eigenvalue weighted by Crippen LogP contribution is 2.32. The maximum atomic E-state index is 13.8. The number of ketones is 1. The molecule has 0 radical (unpaired) electrons. The highest BCUT2D eigenvalue weighted by atomic mass is 19.4. The van der Waals surface area contributed by atoms with E-state index < -0.39 is 17.4 Å². The molecule has 0 fully saturated rings. The summed E-state index contributed by atoms with van der Waals surface area (Å²) in [6.45, 7) is 9.42. The predicted octanol–water partition coefficient (Wildman–Crippen LogP) is 5.67. The molecule has 0 atom stereocenters. The number of Topliss-reactive ketones (excluding diaryl/α,β-unsaturated/α-hetero) is 1. The fraction of sp³-hybridized carbons (Fsp3) is 0.310. The molecule has 208 valence electrons. The maximum Gasteiger partial charge on any atom is 0.416 e. The molecule has 0 unspecified atom stereocenters. The fourth-order valence-corrected chi connectivity index (χ4v) is 4.62. The minimum Gasteiger partial charge on any atom is -0.309 e. The minimum atomic E-state index is -4.59.